The highest BCUT2D eigenvalue weighted by molar-refractivity contribution is 5.77. The molecular formula is C38H63NO6. The predicted molar refractivity (Wildman–Crippen MR) is 185 cm³/mol. The zero-order valence-electron chi connectivity index (χ0n) is 28.2. The number of aliphatic hydroxyl groups is 2. The third-order valence-corrected chi connectivity index (χ3v) is 8.79. The number of fused-ring (bicyclic) bond motifs is 1. The monoisotopic (exact) mass is 629 g/mol. The van der Waals surface area contributed by atoms with Gasteiger partial charge in [-0.15, -0.1) is 0 Å². The molecule has 7 nitrogen and oxygen atoms in total. The van der Waals surface area contributed by atoms with Crippen molar-refractivity contribution >= 4 is 16.9 Å². The summed E-state index contributed by atoms with van der Waals surface area (Å²) in [6.07, 6.45) is 27.6. The molecule has 1 aromatic heterocycles. The summed E-state index contributed by atoms with van der Waals surface area (Å²) in [5.74, 6) is 0.375. The normalized spacial score (nSPS) is 12.8. The van der Waals surface area contributed by atoms with Crippen molar-refractivity contribution in [1.29, 1.82) is 0 Å². The maximum Gasteiger partial charge on any atom is 0.336 e. The van der Waals surface area contributed by atoms with E-state index >= 15 is 0 Å². The molecule has 256 valence electrons. The minimum absolute atomic E-state index is 0.142. The average Bonchev–Trinajstić information content (AvgIpc) is 3.04. The molecule has 0 saturated heterocycles. The number of hydrogen-bond donors (Lipinski definition) is 3. The quantitative estimate of drug-likeness (QED) is 0.0612. The van der Waals surface area contributed by atoms with E-state index in [0.29, 0.717) is 17.8 Å². The van der Waals surface area contributed by atoms with E-state index in [2.05, 4.69) is 12.2 Å². The van der Waals surface area contributed by atoms with Crippen LogP contribution in [0.5, 0.6) is 5.75 Å². The van der Waals surface area contributed by atoms with Crippen LogP contribution in [0.1, 0.15) is 155 Å². The first-order valence-electron chi connectivity index (χ1n) is 18.3. The molecular weight excluding hydrogens is 566 g/mol. The van der Waals surface area contributed by atoms with Crippen LogP contribution in [0.3, 0.4) is 0 Å². The summed E-state index contributed by atoms with van der Waals surface area (Å²) < 4.78 is 10.9. The Kier molecular flexibility index (Phi) is 22.2. The highest BCUT2D eigenvalue weighted by Gasteiger charge is 2.20. The van der Waals surface area contributed by atoms with Crippen LogP contribution in [0.15, 0.2) is 39.5 Å². The van der Waals surface area contributed by atoms with E-state index < -0.39 is 17.8 Å². The Morgan fingerprint density at radius 3 is 1.76 bits per heavy atom. The van der Waals surface area contributed by atoms with Crippen molar-refractivity contribution in [3.05, 3.63) is 40.8 Å². The summed E-state index contributed by atoms with van der Waals surface area (Å²) >= 11 is 0. The number of aliphatic hydroxyl groups excluding tert-OH is 2. The second-order valence-corrected chi connectivity index (χ2v) is 12.8. The van der Waals surface area contributed by atoms with Gasteiger partial charge in [0.2, 0.25) is 5.91 Å². The van der Waals surface area contributed by atoms with Crippen LogP contribution < -0.4 is 15.7 Å². The summed E-state index contributed by atoms with van der Waals surface area (Å²) in [6.45, 7) is 2.13. The van der Waals surface area contributed by atoms with Crippen molar-refractivity contribution in [2.24, 2.45) is 0 Å². The van der Waals surface area contributed by atoms with E-state index in [1.54, 1.807) is 24.3 Å². The second-order valence-electron chi connectivity index (χ2n) is 12.8. The van der Waals surface area contributed by atoms with Crippen LogP contribution >= 0.6 is 0 Å². The first-order valence-corrected chi connectivity index (χ1v) is 18.3. The number of nitrogens with one attached hydrogen (secondary N) is 1. The fraction of sp³-hybridized carbons (Fsp3) is 0.737. The molecule has 0 saturated carbocycles. The highest BCUT2D eigenvalue weighted by atomic mass is 16.5. The number of amides is 1. The molecule has 7 heteroatoms. The molecule has 1 amide bonds. The number of benzene rings is 1. The lowest BCUT2D eigenvalue weighted by Crippen LogP contribution is -2.46. The van der Waals surface area contributed by atoms with Gasteiger partial charge >= 0.3 is 5.63 Å². The molecule has 0 bridgehead atoms. The lowest BCUT2D eigenvalue weighted by atomic mass is 10.0. The molecule has 0 fully saturated rings. The predicted octanol–water partition coefficient (Wildman–Crippen LogP) is 9.00. The van der Waals surface area contributed by atoms with Gasteiger partial charge in [-0.3, -0.25) is 4.79 Å². The second kappa shape index (κ2) is 25.8. The van der Waals surface area contributed by atoms with Gasteiger partial charge in [0.15, 0.2) is 0 Å². The van der Waals surface area contributed by atoms with E-state index in [1.807, 2.05) is 0 Å². The van der Waals surface area contributed by atoms with Crippen molar-refractivity contribution in [1.82, 2.24) is 5.32 Å². The lowest BCUT2D eigenvalue weighted by molar-refractivity contribution is -0.123. The Morgan fingerprint density at radius 2 is 1.24 bits per heavy atom. The summed E-state index contributed by atoms with van der Waals surface area (Å²) in [5.41, 5.74) is 0.00319. The van der Waals surface area contributed by atoms with E-state index in [0.717, 1.165) is 24.6 Å². The van der Waals surface area contributed by atoms with Crippen molar-refractivity contribution in [3.8, 4) is 5.75 Å². The fourth-order valence-corrected chi connectivity index (χ4v) is 5.89. The minimum atomic E-state index is -0.933. The topological polar surface area (TPSA) is 109 Å². The highest BCUT2D eigenvalue weighted by Crippen LogP contribution is 2.20. The van der Waals surface area contributed by atoms with Gasteiger partial charge in [-0.1, -0.05) is 135 Å². The molecule has 0 aliphatic rings. The largest absolute Gasteiger partial charge is 0.493 e. The summed E-state index contributed by atoms with van der Waals surface area (Å²) in [7, 11) is 0. The van der Waals surface area contributed by atoms with Crippen LogP contribution in [0.2, 0.25) is 0 Å². The van der Waals surface area contributed by atoms with E-state index in [9.17, 15) is 19.8 Å². The molecule has 0 spiro atoms. The van der Waals surface area contributed by atoms with Crippen LogP contribution in [0.4, 0.5) is 0 Å². The molecule has 1 aromatic carbocycles. The summed E-state index contributed by atoms with van der Waals surface area (Å²) in [4.78, 5) is 23.8. The van der Waals surface area contributed by atoms with Crippen LogP contribution in [-0.4, -0.2) is 41.5 Å². The molecule has 2 rings (SSSR count). The third kappa shape index (κ3) is 19.0. The van der Waals surface area contributed by atoms with Crippen molar-refractivity contribution < 1.29 is 24.2 Å². The van der Waals surface area contributed by atoms with Gasteiger partial charge in [-0.2, -0.15) is 0 Å². The molecule has 2 aromatic rings. The van der Waals surface area contributed by atoms with Gasteiger partial charge in [-0.25, -0.2) is 4.79 Å². The van der Waals surface area contributed by atoms with Gasteiger partial charge in [0, 0.05) is 30.4 Å². The zero-order valence-corrected chi connectivity index (χ0v) is 28.2. The van der Waals surface area contributed by atoms with Crippen LogP contribution in [0.25, 0.3) is 11.0 Å². The number of rotatable bonds is 29. The van der Waals surface area contributed by atoms with Gasteiger partial charge in [0.25, 0.3) is 0 Å². The Bertz CT molecular complexity index is 1070. The van der Waals surface area contributed by atoms with E-state index in [1.165, 1.54) is 122 Å². The standard InChI is InChI=1S/C38H63NO6/c1-2-3-4-5-6-7-8-9-10-11-12-13-14-15-16-17-18-19-20-21-22-23-37(42)39-34(31-40)35(41)28-29-44-33-26-24-32-25-27-38(43)45-36(32)30-33/h24-27,30,34-35,40-41H,2-23,28-29,31H2,1H3,(H,39,42). The molecule has 2 unspecified atom stereocenters. The smallest absolute Gasteiger partial charge is 0.336 e. The van der Waals surface area contributed by atoms with Crippen molar-refractivity contribution in [2.75, 3.05) is 13.2 Å². The summed E-state index contributed by atoms with van der Waals surface area (Å²) in [5, 5.41) is 23.7. The minimum Gasteiger partial charge on any atom is -0.493 e. The van der Waals surface area contributed by atoms with Gasteiger partial charge < -0.3 is 24.7 Å². The van der Waals surface area contributed by atoms with E-state index in [4.69, 9.17) is 9.15 Å². The van der Waals surface area contributed by atoms with Crippen molar-refractivity contribution in [3.63, 3.8) is 0 Å². The van der Waals surface area contributed by atoms with Crippen LogP contribution in [-0.2, 0) is 4.79 Å². The Hall–Kier alpha value is -2.38. The maximum atomic E-state index is 12.4. The third-order valence-electron chi connectivity index (χ3n) is 8.79. The van der Waals surface area contributed by atoms with Gasteiger partial charge in [-0.05, 0) is 24.6 Å². The lowest BCUT2D eigenvalue weighted by Gasteiger charge is -2.22. The maximum absolute atomic E-state index is 12.4. The number of carbonyl (C=O) groups excluding carboxylic acids is 1. The number of unbranched alkanes of at least 4 members (excludes halogenated alkanes) is 20. The molecule has 0 radical (unpaired) electrons. The molecule has 45 heavy (non-hydrogen) atoms. The van der Waals surface area contributed by atoms with Crippen molar-refractivity contribution in [2.45, 2.75) is 167 Å². The van der Waals surface area contributed by atoms with Crippen LogP contribution in [0, 0.1) is 0 Å². The molecule has 3 N–H and O–H groups in total. The number of ether oxygens (including phenoxy) is 1. The van der Waals surface area contributed by atoms with Gasteiger partial charge in [0.1, 0.15) is 11.3 Å². The Balaban J connectivity index is 1.38. The SMILES string of the molecule is CCCCCCCCCCCCCCCCCCCCCCCC(=O)NC(CO)C(O)CCOc1ccc2ccc(=O)oc2c1. The van der Waals surface area contributed by atoms with Gasteiger partial charge in [0.05, 0.1) is 25.4 Å². The summed E-state index contributed by atoms with van der Waals surface area (Å²) in [6, 6.07) is 7.52. The average molecular weight is 630 g/mol. The number of carbonyl (C=O) groups is 1. The Morgan fingerprint density at radius 1 is 0.756 bits per heavy atom. The molecule has 2 atom stereocenters. The first kappa shape index (κ1) is 38.8. The van der Waals surface area contributed by atoms with E-state index in [-0.39, 0.29) is 25.5 Å². The number of hydrogen-bond acceptors (Lipinski definition) is 6. The fourth-order valence-electron chi connectivity index (χ4n) is 5.89. The zero-order chi connectivity index (χ0) is 32.4. The first-order chi connectivity index (χ1) is 22.0. The Labute approximate surface area is 272 Å². The molecule has 0 aliphatic heterocycles. The molecule has 1 heterocycles. The molecule has 0 aliphatic carbocycles.